The molecule has 0 bridgehead atoms. The van der Waals surface area contributed by atoms with Crippen LogP contribution in [0.25, 0.3) is 0 Å². The number of carbonyl (C=O) groups is 1. The van der Waals surface area contributed by atoms with Crippen molar-refractivity contribution in [1.82, 2.24) is 4.90 Å². The molecule has 1 aliphatic heterocycles. The maximum absolute atomic E-state index is 13.3. The largest absolute Gasteiger partial charge is 0.870 e. The van der Waals surface area contributed by atoms with Gasteiger partial charge in [-0.15, -0.1) is 0 Å². The van der Waals surface area contributed by atoms with Gasteiger partial charge in [0.1, 0.15) is 12.2 Å². The van der Waals surface area contributed by atoms with Crippen molar-refractivity contribution in [2.75, 3.05) is 13.1 Å². The number of hydrogen-bond donors (Lipinski definition) is 1. The summed E-state index contributed by atoms with van der Waals surface area (Å²) in [4.78, 5) is 16.9. The predicted molar refractivity (Wildman–Crippen MR) is 99.2 cm³/mol. The first-order chi connectivity index (χ1) is 11.6. The number of alkyl halides is 1. The quantitative estimate of drug-likeness (QED) is 0.506. The fraction of sp³-hybridized carbons (Fsp3) is 0.350. The van der Waals surface area contributed by atoms with Gasteiger partial charge in [0.05, 0.1) is 13.1 Å². The minimum absolute atomic E-state index is 0. The molecule has 1 saturated heterocycles. The van der Waals surface area contributed by atoms with Gasteiger partial charge in [-0.25, -0.2) is 4.90 Å². The first kappa shape index (κ1) is 19.6. The van der Waals surface area contributed by atoms with Crippen LogP contribution in [-0.4, -0.2) is 40.9 Å². The number of nitrogens with zero attached hydrogens (tertiary/aromatic N) is 1. The highest BCUT2D eigenvalue weighted by molar-refractivity contribution is 6.19. The summed E-state index contributed by atoms with van der Waals surface area (Å²) in [7, 11) is 0. The summed E-state index contributed by atoms with van der Waals surface area (Å²) < 4.78 is 0. The molecule has 4 unspecified atom stereocenters. The zero-order chi connectivity index (χ0) is 17.1. The molecule has 0 aliphatic carbocycles. The maximum atomic E-state index is 13.3. The number of likely N-dealkylation sites (N-methyl/N-ethyl adjacent to an activating group) is 1. The van der Waals surface area contributed by atoms with Crippen LogP contribution >= 0.6 is 11.6 Å². The number of benzene rings is 2. The lowest BCUT2D eigenvalue weighted by Crippen LogP contribution is -3.16. The Morgan fingerprint density at radius 2 is 1.72 bits per heavy atom. The molecule has 134 valence electrons. The lowest BCUT2D eigenvalue weighted by atomic mass is 9.96. The molecule has 4 nitrogen and oxygen atoms in total. The number of quaternary nitrogens is 1. The predicted octanol–water partition coefficient (Wildman–Crippen LogP) is 2.57. The van der Waals surface area contributed by atoms with Gasteiger partial charge < -0.3 is 10.4 Å². The summed E-state index contributed by atoms with van der Waals surface area (Å²) in [6, 6.07) is 19.3. The molecule has 0 radical (unpaired) electrons. The van der Waals surface area contributed by atoms with Gasteiger partial charge in [0, 0.05) is 12.5 Å². The first-order valence-corrected chi connectivity index (χ1v) is 8.96. The highest BCUT2D eigenvalue weighted by atomic mass is 35.5. The Morgan fingerprint density at radius 1 is 1.16 bits per heavy atom. The summed E-state index contributed by atoms with van der Waals surface area (Å²) in [6.45, 7) is 5.97. The lowest BCUT2D eigenvalue weighted by molar-refractivity contribution is -0.925. The van der Waals surface area contributed by atoms with Gasteiger partial charge in [0.2, 0.25) is 0 Å². The van der Waals surface area contributed by atoms with Crippen molar-refractivity contribution in [3.8, 4) is 0 Å². The van der Waals surface area contributed by atoms with Crippen molar-refractivity contribution in [3.05, 3.63) is 71.8 Å². The fourth-order valence-corrected chi connectivity index (χ4v) is 4.17. The first-order valence-electron chi connectivity index (χ1n) is 8.53. The highest BCUT2D eigenvalue weighted by Gasteiger charge is 2.44. The van der Waals surface area contributed by atoms with Gasteiger partial charge in [-0.2, -0.15) is 0 Å². The Balaban J connectivity index is 0.00000225. The number of rotatable bonds is 5. The van der Waals surface area contributed by atoms with Gasteiger partial charge in [-0.3, -0.25) is 4.79 Å². The van der Waals surface area contributed by atoms with E-state index in [9.17, 15) is 4.79 Å². The summed E-state index contributed by atoms with van der Waals surface area (Å²) >= 11 is 6.56. The average molecular weight is 361 g/mol. The Morgan fingerprint density at radius 3 is 2.24 bits per heavy atom. The molecule has 1 fully saturated rings. The SMILES string of the molecule is CC[NH+]1C(Cl)CN(C(C(=O)c2ccccc2)c2ccccc2)C1C.[OH-]. The van der Waals surface area contributed by atoms with E-state index in [0.29, 0.717) is 6.54 Å². The van der Waals surface area contributed by atoms with Crippen molar-refractivity contribution < 1.29 is 15.2 Å². The Hall–Kier alpha value is -1.72. The third-order valence-corrected chi connectivity index (χ3v) is 5.39. The van der Waals surface area contributed by atoms with Crippen LogP contribution in [0.1, 0.15) is 35.8 Å². The summed E-state index contributed by atoms with van der Waals surface area (Å²) in [5, 5.41) is 0. The van der Waals surface area contributed by atoms with E-state index in [4.69, 9.17) is 11.6 Å². The van der Waals surface area contributed by atoms with Crippen LogP contribution in [0.4, 0.5) is 0 Å². The second-order valence-corrected chi connectivity index (χ2v) is 6.84. The fourth-order valence-electron chi connectivity index (χ4n) is 3.67. The van der Waals surface area contributed by atoms with Crippen molar-refractivity contribution in [1.29, 1.82) is 0 Å². The highest BCUT2D eigenvalue weighted by Crippen LogP contribution is 2.28. The topological polar surface area (TPSA) is 54.8 Å². The second-order valence-electron chi connectivity index (χ2n) is 6.31. The minimum atomic E-state index is -0.297. The van der Waals surface area contributed by atoms with Crippen LogP contribution < -0.4 is 4.90 Å². The average Bonchev–Trinajstić information content (AvgIpc) is 2.90. The third-order valence-electron chi connectivity index (χ3n) is 4.97. The van der Waals surface area contributed by atoms with E-state index in [1.165, 1.54) is 4.90 Å². The number of halogens is 1. The van der Waals surface area contributed by atoms with Crippen LogP contribution in [0, 0.1) is 0 Å². The van der Waals surface area contributed by atoms with Crippen molar-refractivity contribution >= 4 is 17.4 Å². The van der Waals surface area contributed by atoms with E-state index in [2.05, 4.69) is 18.7 Å². The van der Waals surface area contributed by atoms with Gasteiger partial charge in [-0.1, -0.05) is 72.3 Å². The van der Waals surface area contributed by atoms with E-state index in [1.54, 1.807) is 0 Å². The van der Waals surface area contributed by atoms with E-state index in [0.717, 1.165) is 17.7 Å². The molecule has 2 N–H and O–H groups in total. The Bertz CT molecular complexity index is 681. The van der Waals surface area contributed by atoms with Crippen LogP contribution in [0.15, 0.2) is 60.7 Å². The summed E-state index contributed by atoms with van der Waals surface area (Å²) in [5.41, 5.74) is 1.79. The van der Waals surface area contributed by atoms with Crippen LogP contribution in [0.2, 0.25) is 0 Å². The molecular weight excluding hydrogens is 336 g/mol. The molecule has 4 atom stereocenters. The lowest BCUT2D eigenvalue weighted by Gasteiger charge is -2.30. The van der Waals surface area contributed by atoms with E-state index in [1.807, 2.05) is 60.7 Å². The molecule has 0 saturated carbocycles. The van der Waals surface area contributed by atoms with Gasteiger partial charge in [-0.05, 0) is 12.5 Å². The molecular formula is C20H25ClN2O2. The number of nitrogens with one attached hydrogen (secondary N) is 1. The van der Waals surface area contributed by atoms with Crippen molar-refractivity contribution in [3.63, 3.8) is 0 Å². The monoisotopic (exact) mass is 360 g/mol. The smallest absolute Gasteiger partial charge is 0.184 e. The zero-order valence-electron chi connectivity index (χ0n) is 14.6. The number of carbonyl (C=O) groups excluding carboxylic acids is 1. The van der Waals surface area contributed by atoms with Crippen molar-refractivity contribution in [2.24, 2.45) is 0 Å². The third kappa shape index (κ3) is 3.93. The molecule has 2 aromatic rings. The number of ketones is 1. The van der Waals surface area contributed by atoms with Crippen molar-refractivity contribution in [2.45, 2.75) is 31.6 Å². The van der Waals surface area contributed by atoms with E-state index in [-0.39, 0.29) is 29.0 Å². The van der Waals surface area contributed by atoms with Gasteiger partial charge >= 0.3 is 0 Å². The van der Waals surface area contributed by atoms with E-state index >= 15 is 0 Å². The minimum Gasteiger partial charge on any atom is -0.870 e. The Labute approximate surface area is 154 Å². The van der Waals surface area contributed by atoms with Crippen LogP contribution in [0.5, 0.6) is 0 Å². The molecule has 0 spiro atoms. The molecule has 2 aromatic carbocycles. The number of Topliss-reactive ketones (excluding diaryl/α,β-unsaturated/α-hetero) is 1. The zero-order valence-corrected chi connectivity index (χ0v) is 15.4. The molecule has 1 aliphatic rings. The molecule has 0 amide bonds. The number of hydrogen-bond acceptors (Lipinski definition) is 3. The summed E-state index contributed by atoms with van der Waals surface area (Å²) in [5.74, 6) is 0.134. The van der Waals surface area contributed by atoms with Crippen LogP contribution in [0.3, 0.4) is 0 Å². The van der Waals surface area contributed by atoms with E-state index < -0.39 is 0 Å². The van der Waals surface area contributed by atoms with Crippen LogP contribution in [-0.2, 0) is 0 Å². The summed E-state index contributed by atoms with van der Waals surface area (Å²) in [6.07, 6.45) is 0.204. The molecule has 1 heterocycles. The second kappa shape index (κ2) is 8.59. The normalized spacial score (nSPS) is 24.5. The molecule has 5 heteroatoms. The standard InChI is InChI=1S/C20H23ClN2O.H2O/c1-3-22-15(2)23(14-18(22)21)19(16-10-6-4-7-11-16)20(24)17-12-8-5-9-13-17;/h4-13,15,18-19H,3,14H2,1-2H3;1H2. The molecule has 25 heavy (non-hydrogen) atoms. The van der Waals surface area contributed by atoms with Gasteiger partial charge in [0.25, 0.3) is 0 Å². The molecule has 3 rings (SSSR count). The Kier molecular flexibility index (Phi) is 6.73. The van der Waals surface area contributed by atoms with Gasteiger partial charge in [0.15, 0.2) is 11.3 Å². The molecule has 0 aromatic heterocycles. The maximum Gasteiger partial charge on any atom is 0.184 e.